The monoisotopic (exact) mass is 331 g/mol. The van der Waals surface area contributed by atoms with Crippen molar-refractivity contribution in [3.8, 4) is 0 Å². The zero-order valence-electron chi connectivity index (χ0n) is 14.9. The summed E-state index contributed by atoms with van der Waals surface area (Å²) >= 11 is 0. The molecule has 0 aromatic carbocycles. The van der Waals surface area contributed by atoms with Gasteiger partial charge in [0.25, 0.3) is 5.56 Å². The molecule has 0 radical (unpaired) electrons. The maximum Gasteiger partial charge on any atom is 0.332 e. The maximum atomic E-state index is 12.7. The number of nitrogens with zero attached hydrogens (tertiary/aromatic N) is 5. The minimum atomic E-state index is -0.355. The SMILES string of the molecule is C=C(C)Cn1c(N2CCC(C)CC2)nc2c1c(=O)n(C)c(=O)n2C. The summed E-state index contributed by atoms with van der Waals surface area (Å²) in [4.78, 5) is 31.8. The van der Waals surface area contributed by atoms with Crippen LogP contribution in [0.15, 0.2) is 21.7 Å². The fourth-order valence-electron chi connectivity index (χ4n) is 3.30. The Bertz CT molecular complexity index is 910. The van der Waals surface area contributed by atoms with Crippen LogP contribution in [0, 0.1) is 5.92 Å². The molecule has 0 saturated carbocycles. The Morgan fingerprint density at radius 1 is 1.21 bits per heavy atom. The predicted octanol–water partition coefficient (Wildman–Crippen LogP) is 1.25. The fraction of sp³-hybridized carbons (Fsp3) is 0.588. The van der Waals surface area contributed by atoms with Gasteiger partial charge in [-0.25, -0.2) is 4.79 Å². The van der Waals surface area contributed by atoms with E-state index in [1.165, 1.54) is 11.6 Å². The van der Waals surface area contributed by atoms with Crippen LogP contribution in [-0.2, 0) is 20.6 Å². The second kappa shape index (κ2) is 5.96. The van der Waals surface area contributed by atoms with Gasteiger partial charge >= 0.3 is 5.69 Å². The van der Waals surface area contributed by atoms with Crippen LogP contribution in [-0.4, -0.2) is 31.8 Å². The summed E-state index contributed by atoms with van der Waals surface area (Å²) in [5.41, 5.74) is 1.19. The highest BCUT2D eigenvalue weighted by Crippen LogP contribution is 2.25. The summed E-state index contributed by atoms with van der Waals surface area (Å²) < 4.78 is 4.50. The van der Waals surface area contributed by atoms with E-state index >= 15 is 0 Å². The zero-order valence-corrected chi connectivity index (χ0v) is 14.9. The molecule has 130 valence electrons. The van der Waals surface area contributed by atoms with Crippen molar-refractivity contribution >= 4 is 17.1 Å². The molecule has 1 aliphatic heterocycles. The number of aromatic nitrogens is 4. The van der Waals surface area contributed by atoms with Crippen LogP contribution in [0.3, 0.4) is 0 Å². The smallest absolute Gasteiger partial charge is 0.332 e. The standard InChI is InChI=1S/C17H25N5O2/c1-11(2)10-22-13-14(19(4)17(24)20(5)15(13)23)18-16(22)21-8-6-12(3)7-9-21/h12H,1,6-10H2,2-5H3. The first kappa shape index (κ1) is 16.5. The molecule has 0 spiro atoms. The second-order valence-corrected chi connectivity index (χ2v) is 7.00. The molecule has 7 nitrogen and oxygen atoms in total. The van der Waals surface area contributed by atoms with Crippen molar-refractivity contribution in [1.82, 2.24) is 18.7 Å². The summed E-state index contributed by atoms with van der Waals surface area (Å²) in [6.45, 7) is 10.5. The highest BCUT2D eigenvalue weighted by Gasteiger charge is 2.25. The van der Waals surface area contributed by atoms with Crippen molar-refractivity contribution in [2.75, 3.05) is 18.0 Å². The lowest BCUT2D eigenvalue weighted by Gasteiger charge is -2.31. The molecule has 3 heterocycles. The molecule has 7 heteroatoms. The first-order valence-electron chi connectivity index (χ1n) is 8.36. The third kappa shape index (κ3) is 2.57. The lowest BCUT2D eigenvalue weighted by Crippen LogP contribution is -2.37. The number of hydrogen-bond donors (Lipinski definition) is 0. The highest BCUT2D eigenvalue weighted by atomic mass is 16.2. The molecule has 2 aromatic heterocycles. The Labute approximate surface area is 140 Å². The van der Waals surface area contributed by atoms with Crippen molar-refractivity contribution in [1.29, 1.82) is 0 Å². The van der Waals surface area contributed by atoms with Crippen LogP contribution in [0.4, 0.5) is 5.95 Å². The summed E-state index contributed by atoms with van der Waals surface area (Å²) in [5, 5.41) is 0. The Morgan fingerprint density at radius 3 is 2.42 bits per heavy atom. The Kier molecular flexibility index (Phi) is 4.11. The van der Waals surface area contributed by atoms with Gasteiger partial charge in [0.15, 0.2) is 11.2 Å². The van der Waals surface area contributed by atoms with Gasteiger partial charge in [-0.05, 0) is 25.7 Å². The molecule has 1 aliphatic rings. The van der Waals surface area contributed by atoms with Crippen molar-refractivity contribution in [3.63, 3.8) is 0 Å². The van der Waals surface area contributed by atoms with Gasteiger partial charge in [-0.2, -0.15) is 4.98 Å². The van der Waals surface area contributed by atoms with Gasteiger partial charge < -0.3 is 9.47 Å². The minimum Gasteiger partial charge on any atom is -0.342 e. The summed E-state index contributed by atoms with van der Waals surface area (Å²) in [7, 11) is 3.16. The van der Waals surface area contributed by atoms with E-state index in [0.717, 1.165) is 42.0 Å². The molecular formula is C17H25N5O2. The minimum absolute atomic E-state index is 0.307. The molecule has 0 aliphatic carbocycles. The molecule has 3 rings (SSSR count). The zero-order chi connectivity index (χ0) is 17.6. The third-order valence-corrected chi connectivity index (χ3v) is 4.82. The second-order valence-electron chi connectivity index (χ2n) is 7.00. The normalized spacial score (nSPS) is 16.1. The topological polar surface area (TPSA) is 65.1 Å². The number of allylic oxidation sites excluding steroid dienone is 1. The number of rotatable bonds is 3. The number of hydrogen-bond acceptors (Lipinski definition) is 4. The van der Waals surface area contributed by atoms with E-state index in [1.54, 1.807) is 7.05 Å². The molecule has 0 unspecified atom stereocenters. The average molecular weight is 331 g/mol. The summed E-state index contributed by atoms with van der Waals surface area (Å²) in [5.74, 6) is 1.47. The number of piperidine rings is 1. The number of aryl methyl sites for hydroxylation is 1. The van der Waals surface area contributed by atoms with Gasteiger partial charge in [-0.1, -0.05) is 19.1 Å². The van der Waals surface area contributed by atoms with Crippen molar-refractivity contribution in [2.45, 2.75) is 33.2 Å². The lowest BCUT2D eigenvalue weighted by atomic mass is 10.00. The predicted molar refractivity (Wildman–Crippen MR) is 95.6 cm³/mol. The average Bonchev–Trinajstić information content (AvgIpc) is 2.90. The third-order valence-electron chi connectivity index (χ3n) is 4.82. The molecule has 2 aromatic rings. The van der Waals surface area contributed by atoms with E-state index in [0.29, 0.717) is 23.6 Å². The molecular weight excluding hydrogens is 306 g/mol. The van der Waals surface area contributed by atoms with E-state index < -0.39 is 0 Å². The van der Waals surface area contributed by atoms with Gasteiger partial charge in [0.05, 0.1) is 0 Å². The molecule has 24 heavy (non-hydrogen) atoms. The number of anilines is 1. The van der Waals surface area contributed by atoms with Crippen LogP contribution < -0.4 is 16.1 Å². The molecule has 0 N–H and O–H groups in total. The van der Waals surface area contributed by atoms with E-state index in [9.17, 15) is 9.59 Å². The van der Waals surface area contributed by atoms with Crippen molar-refractivity contribution in [2.24, 2.45) is 20.0 Å². The van der Waals surface area contributed by atoms with Crippen LogP contribution in [0.25, 0.3) is 11.2 Å². The quantitative estimate of drug-likeness (QED) is 0.794. The first-order chi connectivity index (χ1) is 11.3. The van der Waals surface area contributed by atoms with Gasteiger partial charge in [0.1, 0.15) is 0 Å². The van der Waals surface area contributed by atoms with Gasteiger partial charge in [0, 0.05) is 33.7 Å². The Balaban J connectivity index is 2.27. The molecule has 1 fully saturated rings. The van der Waals surface area contributed by atoms with Crippen molar-refractivity contribution < 1.29 is 0 Å². The fourth-order valence-corrected chi connectivity index (χ4v) is 3.30. The van der Waals surface area contributed by atoms with E-state index in [2.05, 4.69) is 23.4 Å². The van der Waals surface area contributed by atoms with E-state index in [4.69, 9.17) is 0 Å². The highest BCUT2D eigenvalue weighted by molar-refractivity contribution is 5.74. The van der Waals surface area contributed by atoms with Gasteiger partial charge in [-0.3, -0.25) is 13.9 Å². The molecule has 0 amide bonds. The maximum absolute atomic E-state index is 12.7. The molecule has 0 atom stereocenters. The van der Waals surface area contributed by atoms with Crippen molar-refractivity contribution in [3.05, 3.63) is 33.0 Å². The van der Waals surface area contributed by atoms with Gasteiger partial charge in [-0.15, -0.1) is 0 Å². The van der Waals surface area contributed by atoms with E-state index in [-0.39, 0.29) is 11.2 Å². The number of imidazole rings is 1. The van der Waals surface area contributed by atoms with Crippen LogP contribution >= 0.6 is 0 Å². The summed E-state index contributed by atoms with van der Waals surface area (Å²) in [6.07, 6.45) is 2.21. The molecule has 0 bridgehead atoms. The largest absolute Gasteiger partial charge is 0.342 e. The molecule has 1 saturated heterocycles. The van der Waals surface area contributed by atoms with Crippen LogP contribution in [0.5, 0.6) is 0 Å². The Morgan fingerprint density at radius 2 is 1.83 bits per heavy atom. The summed E-state index contributed by atoms with van der Waals surface area (Å²) in [6, 6.07) is 0. The Hall–Kier alpha value is -2.31. The van der Waals surface area contributed by atoms with Gasteiger partial charge in [0.2, 0.25) is 5.95 Å². The number of fused-ring (bicyclic) bond motifs is 1. The first-order valence-corrected chi connectivity index (χ1v) is 8.36. The van der Waals surface area contributed by atoms with E-state index in [1.807, 2.05) is 11.5 Å². The van der Waals surface area contributed by atoms with Crippen LogP contribution in [0.2, 0.25) is 0 Å². The lowest BCUT2D eigenvalue weighted by molar-refractivity contribution is 0.432. The van der Waals surface area contributed by atoms with Crippen LogP contribution in [0.1, 0.15) is 26.7 Å².